The highest BCUT2D eigenvalue weighted by Gasteiger charge is 2.35. The summed E-state index contributed by atoms with van der Waals surface area (Å²) in [5.41, 5.74) is 3.17. The Morgan fingerprint density at radius 1 is 0.972 bits per heavy atom. The lowest BCUT2D eigenvalue weighted by atomic mass is 9.99. The van der Waals surface area contributed by atoms with Gasteiger partial charge in [0, 0.05) is 43.0 Å². The summed E-state index contributed by atoms with van der Waals surface area (Å²) in [5.74, 6) is 1.79. The fourth-order valence-electron chi connectivity index (χ4n) is 4.75. The van der Waals surface area contributed by atoms with Gasteiger partial charge in [0.1, 0.15) is 5.75 Å². The predicted octanol–water partition coefficient (Wildman–Crippen LogP) is 4.38. The van der Waals surface area contributed by atoms with E-state index in [2.05, 4.69) is 27.3 Å². The predicted molar refractivity (Wildman–Crippen MR) is 140 cm³/mol. The Morgan fingerprint density at radius 3 is 2.33 bits per heavy atom. The lowest BCUT2D eigenvalue weighted by Crippen LogP contribution is -2.33. The number of nitrogens with one attached hydrogen (secondary N) is 1. The molecule has 2 aromatic carbocycles. The molecule has 3 aromatic rings. The van der Waals surface area contributed by atoms with E-state index < -0.39 is 5.92 Å². The molecule has 0 bridgehead atoms. The molecule has 1 atom stereocenters. The van der Waals surface area contributed by atoms with Gasteiger partial charge in [-0.25, -0.2) is 0 Å². The van der Waals surface area contributed by atoms with Crippen LogP contribution in [0.5, 0.6) is 5.75 Å². The first-order valence-electron chi connectivity index (χ1n) is 12.4. The van der Waals surface area contributed by atoms with E-state index in [9.17, 15) is 9.59 Å². The minimum absolute atomic E-state index is 0.0586. The van der Waals surface area contributed by atoms with Crippen molar-refractivity contribution in [1.82, 2.24) is 10.2 Å². The highest BCUT2D eigenvalue weighted by atomic mass is 16.5. The van der Waals surface area contributed by atoms with Crippen LogP contribution in [0.1, 0.15) is 26.2 Å². The van der Waals surface area contributed by atoms with Gasteiger partial charge in [-0.15, -0.1) is 10.2 Å². The van der Waals surface area contributed by atoms with E-state index in [1.807, 2.05) is 60.7 Å². The average molecular weight is 486 g/mol. The monoisotopic (exact) mass is 485 g/mol. The first kappa shape index (κ1) is 23.8. The quantitative estimate of drug-likeness (QED) is 0.558. The van der Waals surface area contributed by atoms with E-state index in [4.69, 9.17) is 4.74 Å². The number of methoxy groups -OCH3 is 1. The lowest BCUT2D eigenvalue weighted by molar-refractivity contribution is -0.122. The molecule has 0 radical (unpaired) electrons. The van der Waals surface area contributed by atoms with Crippen LogP contribution < -0.4 is 19.9 Å². The molecule has 2 saturated heterocycles. The number of aromatic nitrogens is 2. The number of piperidine rings is 1. The van der Waals surface area contributed by atoms with Crippen molar-refractivity contribution < 1.29 is 14.3 Å². The maximum atomic E-state index is 12.9. The molecule has 8 heteroatoms. The van der Waals surface area contributed by atoms with E-state index in [0.29, 0.717) is 12.2 Å². The number of hydrogen-bond donors (Lipinski definition) is 1. The number of carbonyl (C=O) groups excluding carboxylic acids is 2. The highest BCUT2D eigenvalue weighted by Crippen LogP contribution is 2.28. The van der Waals surface area contributed by atoms with Crippen LogP contribution in [-0.4, -0.2) is 48.8 Å². The fraction of sp³-hybridized carbons (Fsp3) is 0.357. The van der Waals surface area contributed by atoms with Crippen molar-refractivity contribution in [2.75, 3.05) is 41.9 Å². The van der Waals surface area contributed by atoms with Crippen molar-refractivity contribution in [3.63, 3.8) is 0 Å². The van der Waals surface area contributed by atoms with Gasteiger partial charge in [-0.2, -0.15) is 0 Å². The summed E-state index contributed by atoms with van der Waals surface area (Å²) in [7, 11) is 1.60. The van der Waals surface area contributed by atoms with Crippen molar-refractivity contribution in [3.8, 4) is 17.0 Å². The first-order chi connectivity index (χ1) is 17.5. The molecule has 186 valence electrons. The summed E-state index contributed by atoms with van der Waals surface area (Å²) in [6.07, 6.45) is 2.56. The number of amides is 2. The van der Waals surface area contributed by atoms with E-state index in [-0.39, 0.29) is 18.2 Å². The van der Waals surface area contributed by atoms with Crippen LogP contribution in [0.2, 0.25) is 0 Å². The molecular formula is C28H31N5O3. The van der Waals surface area contributed by atoms with Crippen LogP contribution in [0.15, 0.2) is 60.7 Å². The highest BCUT2D eigenvalue weighted by molar-refractivity contribution is 6.03. The van der Waals surface area contributed by atoms with Crippen LogP contribution in [0, 0.1) is 11.8 Å². The summed E-state index contributed by atoms with van der Waals surface area (Å²) in [4.78, 5) is 29.3. The molecule has 2 amide bonds. The zero-order chi connectivity index (χ0) is 25.1. The minimum atomic E-state index is -0.407. The van der Waals surface area contributed by atoms with Crippen LogP contribution in [0.4, 0.5) is 17.2 Å². The van der Waals surface area contributed by atoms with Crippen LogP contribution in [0.3, 0.4) is 0 Å². The van der Waals surface area contributed by atoms with Gasteiger partial charge in [0.15, 0.2) is 5.82 Å². The Hall–Kier alpha value is -3.94. The third kappa shape index (κ3) is 5.17. The molecule has 5 rings (SSSR count). The summed E-state index contributed by atoms with van der Waals surface area (Å²) < 4.78 is 5.18. The summed E-state index contributed by atoms with van der Waals surface area (Å²) in [5, 5.41) is 11.8. The second-order valence-electron chi connectivity index (χ2n) is 9.62. The van der Waals surface area contributed by atoms with Gasteiger partial charge in [0.25, 0.3) is 0 Å². The third-order valence-electron chi connectivity index (χ3n) is 7.09. The Morgan fingerprint density at radius 2 is 1.69 bits per heavy atom. The number of rotatable bonds is 6. The molecule has 0 saturated carbocycles. The van der Waals surface area contributed by atoms with Crippen molar-refractivity contribution in [3.05, 3.63) is 60.7 Å². The zero-order valence-corrected chi connectivity index (χ0v) is 20.7. The maximum absolute atomic E-state index is 12.9. The summed E-state index contributed by atoms with van der Waals surface area (Å²) in [6, 6.07) is 18.9. The molecule has 3 heterocycles. The molecule has 0 aliphatic carbocycles. The van der Waals surface area contributed by atoms with E-state index >= 15 is 0 Å². The Kier molecular flexibility index (Phi) is 6.84. The molecular weight excluding hydrogens is 454 g/mol. The molecule has 1 aromatic heterocycles. The Balaban J connectivity index is 1.18. The number of carbonyl (C=O) groups is 2. The summed E-state index contributed by atoms with van der Waals surface area (Å²) in [6.45, 7) is 4.69. The molecule has 2 fully saturated rings. The van der Waals surface area contributed by atoms with Crippen LogP contribution >= 0.6 is 0 Å². The smallest absolute Gasteiger partial charge is 0.229 e. The third-order valence-corrected chi connectivity index (χ3v) is 7.09. The number of benzene rings is 2. The number of nitrogens with zero attached hydrogens (tertiary/aromatic N) is 4. The number of hydrogen-bond acceptors (Lipinski definition) is 6. The van der Waals surface area contributed by atoms with Gasteiger partial charge >= 0.3 is 0 Å². The standard InChI is InChI=1S/C28H31N5O3/c1-19-13-15-32(16-14-19)26-12-11-25(30-31-26)20-3-5-22(6-4-20)29-28(35)21-17-27(34)33(18-21)23-7-9-24(36-2)10-8-23/h3-12,19,21H,13-18H2,1-2H3,(H,29,35). The lowest BCUT2D eigenvalue weighted by Gasteiger charge is -2.30. The average Bonchev–Trinajstić information content (AvgIpc) is 3.31. The fourth-order valence-corrected chi connectivity index (χ4v) is 4.75. The minimum Gasteiger partial charge on any atom is -0.497 e. The van der Waals surface area contributed by atoms with Gasteiger partial charge in [-0.3, -0.25) is 9.59 Å². The van der Waals surface area contributed by atoms with Crippen molar-refractivity contribution in [2.24, 2.45) is 11.8 Å². The zero-order valence-electron chi connectivity index (χ0n) is 20.7. The number of ether oxygens (including phenoxy) is 1. The Bertz CT molecular complexity index is 1200. The normalized spacial score (nSPS) is 18.4. The molecule has 36 heavy (non-hydrogen) atoms. The van der Waals surface area contributed by atoms with Gasteiger partial charge < -0.3 is 19.9 Å². The summed E-state index contributed by atoms with van der Waals surface area (Å²) >= 11 is 0. The molecule has 2 aliphatic rings. The van der Waals surface area contributed by atoms with Gasteiger partial charge in [0.05, 0.1) is 18.7 Å². The van der Waals surface area contributed by atoms with Gasteiger partial charge in [0.2, 0.25) is 11.8 Å². The van der Waals surface area contributed by atoms with Crippen molar-refractivity contribution in [2.45, 2.75) is 26.2 Å². The van der Waals surface area contributed by atoms with E-state index in [0.717, 1.165) is 47.5 Å². The van der Waals surface area contributed by atoms with Crippen molar-refractivity contribution in [1.29, 1.82) is 0 Å². The van der Waals surface area contributed by atoms with Crippen LogP contribution in [-0.2, 0) is 9.59 Å². The van der Waals surface area contributed by atoms with Crippen molar-refractivity contribution >= 4 is 29.0 Å². The second-order valence-corrected chi connectivity index (χ2v) is 9.62. The largest absolute Gasteiger partial charge is 0.497 e. The van der Waals surface area contributed by atoms with Gasteiger partial charge in [-0.05, 0) is 67.3 Å². The second kappa shape index (κ2) is 10.4. The molecule has 8 nitrogen and oxygen atoms in total. The topological polar surface area (TPSA) is 87.7 Å². The Labute approximate surface area is 211 Å². The SMILES string of the molecule is COc1ccc(N2CC(C(=O)Nc3ccc(-c4ccc(N5CCC(C)CC5)nn4)cc3)CC2=O)cc1. The molecule has 1 unspecified atom stereocenters. The number of anilines is 3. The molecule has 2 aliphatic heterocycles. The molecule has 1 N–H and O–H groups in total. The van der Waals surface area contributed by atoms with E-state index in [1.54, 1.807) is 12.0 Å². The van der Waals surface area contributed by atoms with Gasteiger partial charge in [-0.1, -0.05) is 19.1 Å². The van der Waals surface area contributed by atoms with Crippen LogP contribution in [0.25, 0.3) is 11.3 Å². The first-order valence-corrected chi connectivity index (χ1v) is 12.4. The maximum Gasteiger partial charge on any atom is 0.229 e. The van der Waals surface area contributed by atoms with E-state index in [1.165, 1.54) is 12.8 Å². The molecule has 0 spiro atoms.